The molecule has 4 aromatic rings. The molecule has 0 atom stereocenters. The number of aromatic nitrogens is 4. The van der Waals surface area contributed by atoms with Crippen molar-refractivity contribution in [3.8, 4) is 11.6 Å². The van der Waals surface area contributed by atoms with Gasteiger partial charge in [-0.05, 0) is 25.1 Å². The summed E-state index contributed by atoms with van der Waals surface area (Å²) < 4.78 is 12.4. The summed E-state index contributed by atoms with van der Waals surface area (Å²) in [5.74, 6) is 0.820. The molecule has 1 amide bonds. The summed E-state index contributed by atoms with van der Waals surface area (Å²) in [5, 5.41) is 15.2. The number of nitrogens with zero attached hydrogens (tertiary/aromatic N) is 4. The number of thioether (sulfide) groups is 1. The van der Waals surface area contributed by atoms with E-state index in [1.54, 1.807) is 13.0 Å². The van der Waals surface area contributed by atoms with E-state index in [1.807, 2.05) is 18.2 Å². The maximum Gasteiger partial charge on any atom is 0.277 e. The number of hydrogen-bond donors (Lipinski definition) is 1. The Hall–Kier alpha value is -2.24. The van der Waals surface area contributed by atoms with Gasteiger partial charge in [-0.2, -0.15) is 0 Å². The van der Waals surface area contributed by atoms with Crippen molar-refractivity contribution < 1.29 is 13.7 Å². The Labute approximate surface area is 163 Å². The van der Waals surface area contributed by atoms with Crippen LogP contribution >= 0.6 is 39.0 Å². The molecule has 0 spiro atoms. The van der Waals surface area contributed by atoms with Gasteiger partial charge in [0, 0.05) is 10.5 Å². The summed E-state index contributed by atoms with van der Waals surface area (Å²) in [6, 6.07) is 7.46. The first-order chi connectivity index (χ1) is 12.6. The van der Waals surface area contributed by atoms with E-state index in [0.717, 1.165) is 26.5 Å². The lowest BCUT2D eigenvalue weighted by atomic mass is 10.3. The molecule has 0 saturated carbocycles. The fourth-order valence-corrected chi connectivity index (χ4v) is 4.07. The quantitative estimate of drug-likeness (QED) is 0.451. The van der Waals surface area contributed by atoms with Crippen molar-refractivity contribution in [1.29, 1.82) is 0 Å². The molecular formula is C15H10BrN5O3S2. The molecular weight excluding hydrogens is 442 g/mol. The van der Waals surface area contributed by atoms with Gasteiger partial charge in [-0.3, -0.25) is 4.79 Å². The molecule has 0 aliphatic rings. The van der Waals surface area contributed by atoms with E-state index in [1.165, 1.54) is 11.3 Å². The number of rotatable bonds is 5. The van der Waals surface area contributed by atoms with Gasteiger partial charge in [0.05, 0.1) is 16.0 Å². The first-order valence-electron chi connectivity index (χ1n) is 7.33. The number of thiazole rings is 1. The molecule has 3 aromatic heterocycles. The highest BCUT2D eigenvalue weighted by molar-refractivity contribution is 9.10. The number of benzene rings is 1. The van der Waals surface area contributed by atoms with Crippen molar-refractivity contribution in [1.82, 2.24) is 20.3 Å². The van der Waals surface area contributed by atoms with Gasteiger partial charge in [-0.1, -0.05) is 44.2 Å². The van der Waals surface area contributed by atoms with Crippen LogP contribution in [0.15, 0.2) is 42.9 Å². The number of halogens is 1. The lowest BCUT2D eigenvalue weighted by molar-refractivity contribution is -0.113. The van der Waals surface area contributed by atoms with Crippen LogP contribution in [0.3, 0.4) is 0 Å². The monoisotopic (exact) mass is 451 g/mol. The normalized spacial score (nSPS) is 11.2. The highest BCUT2D eigenvalue weighted by Crippen LogP contribution is 2.29. The molecule has 4 rings (SSSR count). The highest BCUT2D eigenvalue weighted by Gasteiger charge is 2.15. The lowest BCUT2D eigenvalue weighted by Gasteiger charge is -1.98. The number of amides is 1. The standard InChI is InChI=1S/C15H10BrN5O3S2/c1-7-4-10(21-24-7)13-19-20-15(23-13)25-6-12(22)18-14-17-9-3-2-8(16)5-11(9)26-14/h2-5H,6H2,1H3,(H,17,18,22). The van der Waals surface area contributed by atoms with E-state index in [2.05, 4.69) is 41.6 Å². The van der Waals surface area contributed by atoms with E-state index in [9.17, 15) is 4.79 Å². The van der Waals surface area contributed by atoms with Crippen LogP contribution in [0.2, 0.25) is 0 Å². The Morgan fingerprint density at radius 1 is 1.35 bits per heavy atom. The lowest BCUT2D eigenvalue weighted by Crippen LogP contribution is -2.13. The number of aryl methyl sites for hydroxylation is 1. The Balaban J connectivity index is 1.37. The van der Waals surface area contributed by atoms with E-state index in [4.69, 9.17) is 8.94 Å². The van der Waals surface area contributed by atoms with Crippen LogP contribution in [-0.4, -0.2) is 32.0 Å². The Bertz CT molecular complexity index is 1090. The van der Waals surface area contributed by atoms with Crippen LogP contribution in [0.5, 0.6) is 0 Å². The zero-order valence-electron chi connectivity index (χ0n) is 13.2. The maximum absolute atomic E-state index is 12.1. The van der Waals surface area contributed by atoms with E-state index in [-0.39, 0.29) is 22.8 Å². The number of anilines is 1. The molecule has 0 saturated heterocycles. The van der Waals surface area contributed by atoms with Crippen molar-refractivity contribution in [3.05, 3.63) is 34.5 Å². The molecule has 1 aromatic carbocycles. The number of carbonyl (C=O) groups is 1. The maximum atomic E-state index is 12.1. The van der Waals surface area contributed by atoms with Gasteiger partial charge in [0.1, 0.15) is 5.76 Å². The minimum absolute atomic E-state index is 0.124. The van der Waals surface area contributed by atoms with Gasteiger partial charge in [-0.15, -0.1) is 10.2 Å². The second-order valence-corrected chi connectivity index (χ2v) is 8.04. The minimum Gasteiger partial charge on any atom is -0.409 e. The van der Waals surface area contributed by atoms with Gasteiger partial charge in [0.25, 0.3) is 11.1 Å². The third kappa shape index (κ3) is 3.79. The second-order valence-electron chi connectivity index (χ2n) is 5.16. The predicted octanol–water partition coefficient (Wildman–Crippen LogP) is 4.14. The average molecular weight is 452 g/mol. The highest BCUT2D eigenvalue weighted by atomic mass is 79.9. The summed E-state index contributed by atoms with van der Waals surface area (Å²) in [7, 11) is 0. The van der Waals surface area contributed by atoms with Gasteiger partial charge in [0.15, 0.2) is 10.8 Å². The van der Waals surface area contributed by atoms with Crippen molar-refractivity contribution in [2.45, 2.75) is 12.1 Å². The third-order valence-corrected chi connectivity index (χ3v) is 5.42. The first kappa shape index (κ1) is 17.2. The van der Waals surface area contributed by atoms with Crippen molar-refractivity contribution in [2.24, 2.45) is 0 Å². The summed E-state index contributed by atoms with van der Waals surface area (Å²) in [6.07, 6.45) is 0. The van der Waals surface area contributed by atoms with Gasteiger partial charge < -0.3 is 14.3 Å². The molecule has 8 nitrogen and oxygen atoms in total. The molecule has 0 fully saturated rings. The van der Waals surface area contributed by atoms with Crippen molar-refractivity contribution in [3.63, 3.8) is 0 Å². The number of nitrogens with one attached hydrogen (secondary N) is 1. The zero-order valence-corrected chi connectivity index (χ0v) is 16.4. The van der Waals surface area contributed by atoms with E-state index < -0.39 is 0 Å². The predicted molar refractivity (Wildman–Crippen MR) is 101 cm³/mol. The van der Waals surface area contributed by atoms with Crippen LogP contribution in [-0.2, 0) is 4.79 Å². The molecule has 0 unspecified atom stereocenters. The Morgan fingerprint density at radius 2 is 2.23 bits per heavy atom. The van der Waals surface area contributed by atoms with Gasteiger partial charge in [-0.25, -0.2) is 4.98 Å². The number of fused-ring (bicyclic) bond motifs is 1. The minimum atomic E-state index is -0.204. The molecule has 0 aliphatic carbocycles. The second kappa shape index (κ2) is 7.17. The summed E-state index contributed by atoms with van der Waals surface area (Å²) in [6.45, 7) is 1.77. The summed E-state index contributed by atoms with van der Waals surface area (Å²) in [5.41, 5.74) is 1.30. The first-order valence-corrected chi connectivity index (χ1v) is 9.92. The van der Waals surface area contributed by atoms with Crippen molar-refractivity contribution in [2.75, 3.05) is 11.1 Å². The number of carbonyl (C=O) groups excluding carboxylic acids is 1. The van der Waals surface area contributed by atoms with Gasteiger partial charge in [0.2, 0.25) is 5.91 Å². The van der Waals surface area contributed by atoms with Crippen molar-refractivity contribution >= 4 is 60.3 Å². The van der Waals surface area contributed by atoms with E-state index >= 15 is 0 Å². The fourth-order valence-electron chi connectivity index (χ4n) is 2.07. The number of hydrogen-bond acceptors (Lipinski definition) is 9. The summed E-state index contributed by atoms with van der Waals surface area (Å²) in [4.78, 5) is 16.5. The molecule has 26 heavy (non-hydrogen) atoms. The SMILES string of the molecule is Cc1cc(-c2nnc(SCC(=O)Nc3nc4ccc(Br)cc4s3)o2)no1. The molecule has 11 heteroatoms. The Morgan fingerprint density at radius 3 is 3.04 bits per heavy atom. The van der Waals surface area contributed by atoms with Crippen LogP contribution < -0.4 is 5.32 Å². The molecule has 0 aliphatic heterocycles. The molecule has 0 radical (unpaired) electrons. The molecule has 1 N–H and O–H groups in total. The third-order valence-electron chi connectivity index (χ3n) is 3.18. The zero-order chi connectivity index (χ0) is 18.1. The topological polar surface area (TPSA) is 107 Å². The Kier molecular flexibility index (Phi) is 4.74. The molecule has 132 valence electrons. The van der Waals surface area contributed by atoms with E-state index in [0.29, 0.717) is 16.6 Å². The van der Waals surface area contributed by atoms with Gasteiger partial charge >= 0.3 is 0 Å². The van der Waals surface area contributed by atoms with Crippen LogP contribution in [0.25, 0.3) is 21.8 Å². The molecule has 0 bridgehead atoms. The smallest absolute Gasteiger partial charge is 0.277 e. The fraction of sp³-hybridized carbons (Fsp3) is 0.133. The summed E-state index contributed by atoms with van der Waals surface area (Å²) >= 11 is 5.97. The average Bonchev–Trinajstić information content (AvgIpc) is 3.31. The molecule has 3 heterocycles. The van der Waals surface area contributed by atoms with Crippen LogP contribution in [0.4, 0.5) is 5.13 Å². The van der Waals surface area contributed by atoms with Crippen LogP contribution in [0.1, 0.15) is 5.76 Å². The van der Waals surface area contributed by atoms with Crippen LogP contribution in [0, 0.1) is 6.92 Å². The largest absolute Gasteiger partial charge is 0.409 e.